The Balaban J connectivity index is 2.86. The Morgan fingerprint density at radius 2 is 2.45 bits per heavy atom. The maximum absolute atomic E-state index is 12.6. The zero-order valence-electron chi connectivity index (χ0n) is 5.97. The highest BCUT2D eigenvalue weighted by atomic mass is 79.9. The first-order valence-corrected chi connectivity index (χ1v) is 3.82. The molecule has 0 radical (unpaired) electrons. The minimum absolute atomic E-state index is 0.357. The van der Waals surface area contributed by atoms with E-state index in [-0.39, 0.29) is 5.82 Å². The fraction of sp³-hybridized carbons (Fsp3) is 0.286. The number of hydrogen-bond acceptors (Lipinski definition) is 2. The van der Waals surface area contributed by atoms with Gasteiger partial charge in [0, 0.05) is 7.11 Å². The van der Waals surface area contributed by atoms with Crippen LogP contribution in [0.4, 0.5) is 4.39 Å². The number of ether oxygens (including phenoxy) is 1. The van der Waals surface area contributed by atoms with Gasteiger partial charge in [-0.15, -0.1) is 0 Å². The second-order valence-corrected chi connectivity index (χ2v) is 2.88. The molecule has 0 spiro atoms. The number of pyridine rings is 1. The van der Waals surface area contributed by atoms with Crippen molar-refractivity contribution in [2.24, 2.45) is 0 Å². The summed E-state index contributed by atoms with van der Waals surface area (Å²) in [5.41, 5.74) is 0.709. The highest BCUT2D eigenvalue weighted by Crippen LogP contribution is 2.14. The molecule has 0 atom stereocenters. The lowest BCUT2D eigenvalue weighted by Gasteiger charge is -1.98. The van der Waals surface area contributed by atoms with E-state index in [1.807, 2.05) is 0 Å². The van der Waals surface area contributed by atoms with E-state index in [2.05, 4.69) is 20.9 Å². The molecule has 0 aliphatic rings. The van der Waals surface area contributed by atoms with Crippen molar-refractivity contribution in [3.05, 3.63) is 28.2 Å². The van der Waals surface area contributed by atoms with Gasteiger partial charge in [-0.05, 0) is 22.0 Å². The Hall–Kier alpha value is -0.480. The molecule has 0 amide bonds. The van der Waals surface area contributed by atoms with E-state index in [9.17, 15) is 4.39 Å². The van der Waals surface area contributed by atoms with Crippen molar-refractivity contribution in [2.75, 3.05) is 7.11 Å². The van der Waals surface area contributed by atoms with Crippen molar-refractivity contribution in [3.8, 4) is 0 Å². The molecule has 1 rings (SSSR count). The molecule has 60 valence electrons. The first kappa shape index (κ1) is 8.62. The summed E-state index contributed by atoms with van der Waals surface area (Å²) in [4.78, 5) is 3.80. The molecule has 0 aliphatic carbocycles. The largest absolute Gasteiger partial charge is 0.378 e. The van der Waals surface area contributed by atoms with Crippen LogP contribution in [0.25, 0.3) is 0 Å². The molecule has 2 nitrogen and oxygen atoms in total. The number of methoxy groups -OCH3 is 1. The summed E-state index contributed by atoms with van der Waals surface area (Å²) in [6, 6.07) is 1.60. The summed E-state index contributed by atoms with van der Waals surface area (Å²) < 4.78 is 17.8. The van der Waals surface area contributed by atoms with Crippen LogP contribution in [0.1, 0.15) is 5.69 Å². The first-order chi connectivity index (χ1) is 5.24. The Morgan fingerprint density at radius 3 is 3.00 bits per heavy atom. The summed E-state index contributed by atoms with van der Waals surface area (Å²) in [7, 11) is 1.57. The van der Waals surface area contributed by atoms with E-state index in [1.165, 1.54) is 6.20 Å². The van der Waals surface area contributed by atoms with Gasteiger partial charge in [0.25, 0.3) is 0 Å². The van der Waals surface area contributed by atoms with Crippen molar-refractivity contribution in [2.45, 2.75) is 6.61 Å². The molecule has 0 N–H and O–H groups in total. The summed E-state index contributed by atoms with van der Waals surface area (Å²) in [5, 5.41) is 0. The molecule has 1 aromatic rings. The highest BCUT2D eigenvalue weighted by Gasteiger charge is 2.00. The second kappa shape index (κ2) is 3.78. The van der Waals surface area contributed by atoms with Gasteiger partial charge >= 0.3 is 0 Å². The molecule has 0 fully saturated rings. The van der Waals surface area contributed by atoms with Crippen LogP contribution in [0.5, 0.6) is 0 Å². The third kappa shape index (κ3) is 2.24. The van der Waals surface area contributed by atoms with Gasteiger partial charge < -0.3 is 4.74 Å². The fourth-order valence-electron chi connectivity index (χ4n) is 0.681. The molecule has 0 unspecified atom stereocenters. The van der Waals surface area contributed by atoms with Crippen LogP contribution in [0.3, 0.4) is 0 Å². The minimum Gasteiger partial charge on any atom is -0.378 e. The molecule has 0 saturated heterocycles. The lowest BCUT2D eigenvalue weighted by Crippen LogP contribution is -1.92. The zero-order valence-corrected chi connectivity index (χ0v) is 7.56. The third-order valence-corrected chi connectivity index (χ3v) is 1.77. The van der Waals surface area contributed by atoms with Gasteiger partial charge in [0.05, 0.1) is 23.0 Å². The molecule has 0 bridgehead atoms. The summed E-state index contributed by atoms with van der Waals surface area (Å²) in [6.45, 7) is 0.402. The van der Waals surface area contributed by atoms with Gasteiger partial charge in [0.15, 0.2) is 5.82 Å². The SMILES string of the molecule is COCc1cc(Br)c(F)cn1. The van der Waals surface area contributed by atoms with Crippen LogP contribution in [0.2, 0.25) is 0 Å². The van der Waals surface area contributed by atoms with Gasteiger partial charge in [-0.25, -0.2) is 4.39 Å². The van der Waals surface area contributed by atoms with Crippen LogP contribution in [0, 0.1) is 5.82 Å². The number of hydrogen-bond donors (Lipinski definition) is 0. The summed E-state index contributed by atoms with van der Waals surface area (Å²) in [6.07, 6.45) is 1.17. The molecular weight excluding hydrogens is 213 g/mol. The Kier molecular flexibility index (Phi) is 2.96. The molecule has 11 heavy (non-hydrogen) atoms. The maximum Gasteiger partial charge on any atom is 0.155 e. The monoisotopic (exact) mass is 219 g/mol. The molecule has 1 heterocycles. The normalized spacial score (nSPS) is 10.1. The van der Waals surface area contributed by atoms with Gasteiger partial charge in [-0.3, -0.25) is 4.98 Å². The molecular formula is C7H7BrFNO. The maximum atomic E-state index is 12.6. The van der Waals surface area contributed by atoms with Crippen molar-refractivity contribution >= 4 is 15.9 Å². The van der Waals surface area contributed by atoms with Crippen molar-refractivity contribution in [1.29, 1.82) is 0 Å². The molecule has 0 saturated carbocycles. The van der Waals surface area contributed by atoms with E-state index in [0.717, 1.165) is 0 Å². The van der Waals surface area contributed by atoms with Gasteiger partial charge in [-0.2, -0.15) is 0 Å². The van der Waals surface area contributed by atoms with Crippen LogP contribution in [-0.2, 0) is 11.3 Å². The number of nitrogens with zero attached hydrogens (tertiary/aromatic N) is 1. The third-order valence-electron chi connectivity index (χ3n) is 1.16. The minimum atomic E-state index is -0.357. The van der Waals surface area contributed by atoms with Gasteiger partial charge in [0.2, 0.25) is 0 Å². The van der Waals surface area contributed by atoms with Crippen LogP contribution >= 0.6 is 15.9 Å². The number of halogens is 2. The van der Waals surface area contributed by atoms with Crippen molar-refractivity contribution in [1.82, 2.24) is 4.98 Å². The Morgan fingerprint density at radius 1 is 1.73 bits per heavy atom. The highest BCUT2D eigenvalue weighted by molar-refractivity contribution is 9.10. The van der Waals surface area contributed by atoms with Gasteiger partial charge in [0.1, 0.15) is 0 Å². The molecule has 1 aromatic heterocycles. The molecule has 0 aromatic carbocycles. The van der Waals surface area contributed by atoms with E-state index < -0.39 is 0 Å². The summed E-state index contributed by atoms with van der Waals surface area (Å²) >= 11 is 3.05. The Labute approximate surface area is 72.5 Å². The Bertz CT molecular complexity index is 254. The fourth-order valence-corrected chi connectivity index (χ4v) is 1.05. The predicted octanol–water partition coefficient (Wildman–Crippen LogP) is 2.13. The van der Waals surface area contributed by atoms with Gasteiger partial charge in [-0.1, -0.05) is 0 Å². The average molecular weight is 220 g/mol. The molecule has 0 aliphatic heterocycles. The average Bonchev–Trinajstić information content (AvgIpc) is 1.98. The van der Waals surface area contributed by atoms with E-state index in [0.29, 0.717) is 16.8 Å². The van der Waals surface area contributed by atoms with Crippen LogP contribution < -0.4 is 0 Å². The van der Waals surface area contributed by atoms with Crippen molar-refractivity contribution in [3.63, 3.8) is 0 Å². The summed E-state index contributed by atoms with van der Waals surface area (Å²) in [5.74, 6) is -0.357. The van der Waals surface area contributed by atoms with Crippen LogP contribution in [-0.4, -0.2) is 12.1 Å². The predicted molar refractivity (Wildman–Crippen MR) is 42.6 cm³/mol. The first-order valence-electron chi connectivity index (χ1n) is 3.03. The lowest BCUT2D eigenvalue weighted by atomic mass is 10.4. The number of aromatic nitrogens is 1. The second-order valence-electron chi connectivity index (χ2n) is 2.02. The zero-order chi connectivity index (χ0) is 8.27. The van der Waals surface area contributed by atoms with E-state index in [1.54, 1.807) is 13.2 Å². The smallest absolute Gasteiger partial charge is 0.155 e. The standard InChI is InChI=1S/C7H7BrFNO/c1-11-4-5-2-6(8)7(9)3-10-5/h2-3H,4H2,1H3. The molecule has 4 heteroatoms. The number of rotatable bonds is 2. The van der Waals surface area contributed by atoms with Crippen molar-refractivity contribution < 1.29 is 9.13 Å². The quantitative estimate of drug-likeness (QED) is 0.761. The van der Waals surface area contributed by atoms with Crippen LogP contribution in [0.15, 0.2) is 16.7 Å². The topological polar surface area (TPSA) is 22.1 Å². The van der Waals surface area contributed by atoms with E-state index in [4.69, 9.17) is 4.74 Å². The van der Waals surface area contributed by atoms with E-state index >= 15 is 0 Å². The lowest BCUT2D eigenvalue weighted by molar-refractivity contribution is 0.181.